The monoisotopic (exact) mass is 375 g/mol. The third-order valence-corrected chi connectivity index (χ3v) is 3.53. The zero-order chi connectivity index (χ0) is 19.9. The van der Waals surface area contributed by atoms with Crippen molar-refractivity contribution in [1.82, 2.24) is 5.32 Å². The van der Waals surface area contributed by atoms with Gasteiger partial charge >= 0.3 is 12.1 Å². The maximum atomic E-state index is 12.0. The molecule has 0 radical (unpaired) electrons. The Bertz CT molecular complexity index is 731. The summed E-state index contributed by atoms with van der Waals surface area (Å²) >= 11 is 0. The predicted octanol–water partition coefficient (Wildman–Crippen LogP) is 3.47. The van der Waals surface area contributed by atoms with Gasteiger partial charge < -0.3 is 23.9 Å². The molecule has 0 aliphatic rings. The zero-order valence-electron chi connectivity index (χ0n) is 16.0. The van der Waals surface area contributed by atoms with Crippen LogP contribution in [0.15, 0.2) is 47.3 Å². The van der Waals surface area contributed by atoms with E-state index >= 15 is 0 Å². The summed E-state index contributed by atoms with van der Waals surface area (Å²) in [6.07, 6.45) is 2.82. The van der Waals surface area contributed by atoms with Gasteiger partial charge in [-0.05, 0) is 44.5 Å². The van der Waals surface area contributed by atoms with Crippen LogP contribution < -0.4 is 10.1 Å². The fourth-order valence-corrected chi connectivity index (χ4v) is 2.28. The summed E-state index contributed by atoms with van der Waals surface area (Å²) < 4.78 is 20.6. The molecular formula is C20H25NO6. The lowest BCUT2D eigenvalue weighted by atomic mass is 10.1. The molecular weight excluding hydrogens is 350 g/mol. The minimum absolute atomic E-state index is 0.272. The fourth-order valence-electron chi connectivity index (χ4n) is 2.28. The molecule has 1 unspecified atom stereocenters. The van der Waals surface area contributed by atoms with E-state index in [-0.39, 0.29) is 6.42 Å². The van der Waals surface area contributed by atoms with Crippen molar-refractivity contribution >= 4 is 12.1 Å². The number of alkyl carbamates (subject to hydrolysis) is 1. The molecule has 7 nitrogen and oxygen atoms in total. The second-order valence-corrected chi connectivity index (χ2v) is 6.99. The van der Waals surface area contributed by atoms with E-state index in [1.54, 1.807) is 45.4 Å². The van der Waals surface area contributed by atoms with Crippen molar-refractivity contribution < 1.29 is 28.2 Å². The molecule has 27 heavy (non-hydrogen) atoms. The lowest BCUT2D eigenvalue weighted by molar-refractivity contribution is -0.143. The summed E-state index contributed by atoms with van der Waals surface area (Å²) in [6.45, 7) is 5.66. The molecule has 1 amide bonds. The van der Waals surface area contributed by atoms with Gasteiger partial charge in [0.05, 0.1) is 19.6 Å². The van der Waals surface area contributed by atoms with Gasteiger partial charge in [-0.1, -0.05) is 12.1 Å². The summed E-state index contributed by atoms with van der Waals surface area (Å²) in [5.74, 6) is 0.149. The third kappa shape index (κ3) is 7.05. The van der Waals surface area contributed by atoms with Crippen molar-refractivity contribution in [2.24, 2.45) is 0 Å². The van der Waals surface area contributed by atoms with Gasteiger partial charge in [-0.3, -0.25) is 0 Å². The highest BCUT2D eigenvalue weighted by molar-refractivity contribution is 5.81. The van der Waals surface area contributed by atoms with Crippen molar-refractivity contribution in [3.8, 4) is 5.75 Å². The molecule has 1 atom stereocenters. The van der Waals surface area contributed by atoms with Gasteiger partial charge in [-0.15, -0.1) is 0 Å². The largest absolute Gasteiger partial charge is 0.489 e. The molecule has 7 heteroatoms. The number of nitrogens with one attached hydrogen (secondary N) is 1. The Kier molecular flexibility index (Phi) is 6.87. The van der Waals surface area contributed by atoms with E-state index in [0.717, 1.165) is 11.1 Å². The van der Waals surface area contributed by atoms with Crippen molar-refractivity contribution in [2.75, 3.05) is 7.11 Å². The smallest absolute Gasteiger partial charge is 0.408 e. The van der Waals surface area contributed by atoms with Crippen LogP contribution in [0.5, 0.6) is 5.75 Å². The number of methoxy groups -OCH3 is 1. The first-order chi connectivity index (χ1) is 12.8. The van der Waals surface area contributed by atoms with E-state index in [1.807, 2.05) is 18.2 Å². The Balaban J connectivity index is 1.95. The normalized spacial score (nSPS) is 12.1. The zero-order valence-corrected chi connectivity index (χ0v) is 16.0. The Labute approximate surface area is 158 Å². The van der Waals surface area contributed by atoms with Crippen LogP contribution in [0.1, 0.15) is 31.9 Å². The van der Waals surface area contributed by atoms with Gasteiger partial charge in [0.1, 0.15) is 24.0 Å². The second kappa shape index (κ2) is 9.12. The number of ether oxygens (including phenoxy) is 3. The molecule has 0 saturated carbocycles. The predicted molar refractivity (Wildman–Crippen MR) is 98.4 cm³/mol. The standard InChI is InChI=1S/C20H25NO6/c1-20(2,3)27-19(23)21-17(18(22)24-4)11-14-5-7-16(8-6-14)26-13-15-9-10-25-12-15/h5-10,12,17H,11,13H2,1-4H3,(H,21,23). The quantitative estimate of drug-likeness (QED) is 0.746. The summed E-state index contributed by atoms with van der Waals surface area (Å²) in [5.41, 5.74) is 1.13. The van der Waals surface area contributed by atoms with Gasteiger partial charge in [0.2, 0.25) is 0 Å². The van der Waals surface area contributed by atoms with Crippen LogP contribution in [0.25, 0.3) is 0 Å². The molecule has 1 aromatic carbocycles. The first-order valence-corrected chi connectivity index (χ1v) is 8.57. The summed E-state index contributed by atoms with van der Waals surface area (Å²) in [4.78, 5) is 24.0. The highest BCUT2D eigenvalue weighted by Crippen LogP contribution is 2.16. The maximum absolute atomic E-state index is 12.0. The summed E-state index contributed by atoms with van der Waals surface area (Å²) in [5, 5.41) is 2.55. The van der Waals surface area contributed by atoms with Crippen LogP contribution in [-0.2, 0) is 27.3 Å². The molecule has 1 heterocycles. The lowest BCUT2D eigenvalue weighted by Gasteiger charge is -2.22. The van der Waals surface area contributed by atoms with Crippen molar-refractivity contribution in [2.45, 2.75) is 45.4 Å². The Morgan fingerprint density at radius 2 is 1.81 bits per heavy atom. The van der Waals surface area contributed by atoms with Crippen LogP contribution in [-0.4, -0.2) is 30.8 Å². The molecule has 146 valence electrons. The Morgan fingerprint density at radius 3 is 2.37 bits per heavy atom. The first kappa shape index (κ1) is 20.4. The average Bonchev–Trinajstić information content (AvgIpc) is 3.11. The number of furan rings is 1. The van der Waals surface area contributed by atoms with Crippen LogP contribution in [0.4, 0.5) is 4.79 Å². The van der Waals surface area contributed by atoms with Gasteiger partial charge in [0.25, 0.3) is 0 Å². The van der Waals surface area contributed by atoms with Crippen molar-refractivity contribution in [1.29, 1.82) is 0 Å². The van der Waals surface area contributed by atoms with Crippen molar-refractivity contribution in [3.63, 3.8) is 0 Å². The molecule has 2 aromatic rings. The number of rotatable bonds is 7. The van der Waals surface area contributed by atoms with E-state index in [4.69, 9.17) is 18.6 Å². The topological polar surface area (TPSA) is 87.0 Å². The molecule has 1 N–H and O–H groups in total. The van der Waals surface area contributed by atoms with E-state index in [0.29, 0.717) is 12.4 Å². The van der Waals surface area contributed by atoms with Gasteiger partial charge in [-0.2, -0.15) is 0 Å². The van der Waals surface area contributed by atoms with Gasteiger partial charge in [0, 0.05) is 12.0 Å². The SMILES string of the molecule is COC(=O)C(Cc1ccc(OCc2ccoc2)cc1)NC(=O)OC(C)(C)C. The van der Waals surface area contributed by atoms with E-state index in [2.05, 4.69) is 5.32 Å². The van der Waals surface area contributed by atoms with Gasteiger partial charge in [0.15, 0.2) is 0 Å². The van der Waals surface area contributed by atoms with Gasteiger partial charge in [-0.25, -0.2) is 9.59 Å². The number of esters is 1. The molecule has 0 bridgehead atoms. The molecule has 0 saturated heterocycles. The lowest BCUT2D eigenvalue weighted by Crippen LogP contribution is -2.45. The molecule has 1 aromatic heterocycles. The van der Waals surface area contributed by atoms with Crippen LogP contribution >= 0.6 is 0 Å². The minimum Gasteiger partial charge on any atom is -0.489 e. The molecule has 0 spiro atoms. The highest BCUT2D eigenvalue weighted by Gasteiger charge is 2.25. The third-order valence-electron chi connectivity index (χ3n) is 3.53. The van der Waals surface area contributed by atoms with Crippen LogP contribution in [0, 0.1) is 0 Å². The van der Waals surface area contributed by atoms with E-state index in [1.165, 1.54) is 7.11 Å². The fraction of sp³-hybridized carbons (Fsp3) is 0.400. The number of carbonyl (C=O) groups excluding carboxylic acids is 2. The second-order valence-electron chi connectivity index (χ2n) is 6.99. The summed E-state index contributed by atoms with van der Waals surface area (Å²) in [6, 6.07) is 8.25. The van der Waals surface area contributed by atoms with Crippen LogP contribution in [0.2, 0.25) is 0 Å². The number of benzene rings is 1. The highest BCUT2D eigenvalue weighted by atomic mass is 16.6. The molecule has 2 rings (SSSR count). The minimum atomic E-state index is -0.845. The number of amides is 1. The van der Waals surface area contributed by atoms with Crippen molar-refractivity contribution in [3.05, 3.63) is 54.0 Å². The average molecular weight is 375 g/mol. The Morgan fingerprint density at radius 1 is 1.11 bits per heavy atom. The van der Waals surface area contributed by atoms with Crippen LogP contribution in [0.3, 0.4) is 0 Å². The molecule has 0 aliphatic heterocycles. The molecule has 0 aliphatic carbocycles. The summed E-state index contributed by atoms with van der Waals surface area (Å²) in [7, 11) is 1.28. The molecule has 0 fully saturated rings. The number of hydrogen-bond donors (Lipinski definition) is 1. The number of hydrogen-bond acceptors (Lipinski definition) is 6. The van der Waals surface area contributed by atoms with E-state index < -0.39 is 23.7 Å². The maximum Gasteiger partial charge on any atom is 0.408 e. The first-order valence-electron chi connectivity index (χ1n) is 8.57. The van der Waals surface area contributed by atoms with E-state index in [9.17, 15) is 9.59 Å². The Hall–Kier alpha value is -2.96. The number of carbonyl (C=O) groups is 2.